The van der Waals surface area contributed by atoms with Crippen molar-refractivity contribution < 1.29 is 21.9 Å². The quantitative estimate of drug-likeness (QED) is 0.695. The molecular weight excluding hydrogens is 330 g/mol. The lowest BCUT2D eigenvalue weighted by Gasteiger charge is -2.30. The zero-order valence-electron chi connectivity index (χ0n) is 12.8. The highest BCUT2D eigenvalue weighted by molar-refractivity contribution is 7.89. The molecule has 132 valence electrons. The Morgan fingerprint density at radius 1 is 1.39 bits per heavy atom. The van der Waals surface area contributed by atoms with E-state index in [2.05, 4.69) is 5.10 Å². The summed E-state index contributed by atoms with van der Waals surface area (Å²) in [5.74, 6) is 0. The summed E-state index contributed by atoms with van der Waals surface area (Å²) >= 11 is 0. The predicted octanol–water partition coefficient (Wildman–Crippen LogP) is 0.667. The molecule has 10 heteroatoms. The first-order valence-corrected chi connectivity index (χ1v) is 9.00. The van der Waals surface area contributed by atoms with Crippen LogP contribution in [0, 0.1) is 0 Å². The minimum absolute atomic E-state index is 0.0366. The summed E-state index contributed by atoms with van der Waals surface area (Å²) in [4.78, 5) is -0.0550. The van der Waals surface area contributed by atoms with E-state index in [-0.39, 0.29) is 11.0 Å². The first-order valence-electron chi connectivity index (χ1n) is 7.56. The molecule has 2 rings (SSSR count). The van der Waals surface area contributed by atoms with Gasteiger partial charge in [0.05, 0.1) is 12.3 Å². The van der Waals surface area contributed by atoms with Gasteiger partial charge in [0, 0.05) is 25.9 Å². The Morgan fingerprint density at radius 3 is 2.70 bits per heavy atom. The molecule has 0 amide bonds. The monoisotopic (exact) mass is 352 g/mol. The number of ether oxygens (including phenoxy) is 1. The van der Waals surface area contributed by atoms with Crippen molar-refractivity contribution in [1.82, 2.24) is 14.1 Å². The summed E-state index contributed by atoms with van der Waals surface area (Å²) in [5.41, 5.74) is 5.40. The third-order valence-corrected chi connectivity index (χ3v) is 5.53. The van der Waals surface area contributed by atoms with Crippen molar-refractivity contribution in [2.24, 2.45) is 5.73 Å². The number of nitrogens with two attached hydrogens (primary N) is 1. The fourth-order valence-electron chi connectivity index (χ4n) is 2.44. The van der Waals surface area contributed by atoms with E-state index in [9.17, 15) is 17.2 Å². The molecule has 0 aromatic carbocycles. The van der Waals surface area contributed by atoms with Crippen molar-refractivity contribution >= 4 is 10.0 Å². The van der Waals surface area contributed by atoms with Crippen LogP contribution in [0.5, 0.6) is 0 Å². The molecule has 2 N–H and O–H groups in total. The van der Waals surface area contributed by atoms with Gasteiger partial charge < -0.3 is 10.5 Å². The van der Waals surface area contributed by atoms with Crippen LogP contribution >= 0.6 is 0 Å². The lowest BCUT2D eigenvalue weighted by Crippen LogP contribution is -2.40. The number of sulfonamides is 1. The largest absolute Gasteiger partial charge is 0.378 e. The summed E-state index contributed by atoms with van der Waals surface area (Å²) in [5, 5.41) is 3.68. The van der Waals surface area contributed by atoms with Crippen molar-refractivity contribution in [2.75, 3.05) is 26.2 Å². The van der Waals surface area contributed by atoms with Crippen LogP contribution in [0.3, 0.4) is 0 Å². The fraction of sp³-hybridized carbons (Fsp3) is 0.769. The fourth-order valence-corrected chi connectivity index (χ4v) is 3.87. The first kappa shape index (κ1) is 18.2. The highest BCUT2D eigenvalue weighted by Gasteiger charge is 2.30. The Bertz CT molecular complexity index is 586. The topological polar surface area (TPSA) is 90.4 Å². The predicted molar refractivity (Wildman–Crippen MR) is 79.6 cm³/mol. The molecule has 2 heterocycles. The van der Waals surface area contributed by atoms with E-state index in [1.165, 1.54) is 4.31 Å². The van der Waals surface area contributed by atoms with Crippen molar-refractivity contribution in [2.45, 2.75) is 43.2 Å². The highest BCUT2D eigenvalue weighted by atomic mass is 32.2. The van der Waals surface area contributed by atoms with Crippen molar-refractivity contribution in [3.63, 3.8) is 0 Å². The Hall–Kier alpha value is -1.10. The minimum atomic E-state index is -3.70. The molecule has 0 radical (unpaired) electrons. The van der Waals surface area contributed by atoms with E-state index < -0.39 is 23.0 Å². The molecule has 1 aliphatic rings. The lowest BCUT2D eigenvalue weighted by atomic mass is 10.1. The first-order chi connectivity index (χ1) is 10.9. The summed E-state index contributed by atoms with van der Waals surface area (Å²) < 4.78 is 57.5. The molecule has 1 aromatic heterocycles. The molecular formula is C13H22F2N4O3S. The molecule has 0 spiro atoms. The Kier molecular flexibility index (Phi) is 6.45. The molecule has 0 bridgehead atoms. The molecule has 1 saturated heterocycles. The number of halogens is 2. The highest BCUT2D eigenvalue weighted by Crippen LogP contribution is 2.22. The second kappa shape index (κ2) is 8.13. The molecule has 0 aliphatic carbocycles. The second-order valence-electron chi connectivity index (χ2n) is 5.41. The third-order valence-electron chi connectivity index (χ3n) is 3.68. The van der Waals surface area contributed by atoms with Crippen molar-refractivity contribution in [3.05, 3.63) is 12.4 Å². The third kappa shape index (κ3) is 4.93. The van der Waals surface area contributed by atoms with E-state index in [0.717, 1.165) is 23.5 Å². The SMILES string of the molecule is NCCCOC1CCN(S(=O)(=O)c2cnn(CC(F)F)c2)CC1. The van der Waals surface area contributed by atoms with Crippen LogP contribution in [-0.2, 0) is 21.3 Å². The molecule has 1 aromatic rings. The number of aromatic nitrogens is 2. The van der Waals surface area contributed by atoms with Gasteiger partial charge in [0.15, 0.2) is 0 Å². The summed E-state index contributed by atoms with van der Waals surface area (Å²) in [6, 6.07) is 0. The summed E-state index contributed by atoms with van der Waals surface area (Å²) in [7, 11) is -3.70. The van der Waals surface area contributed by atoms with Crippen LogP contribution < -0.4 is 5.73 Å². The van der Waals surface area contributed by atoms with Crippen molar-refractivity contribution in [3.8, 4) is 0 Å². The maximum absolute atomic E-state index is 12.5. The number of rotatable bonds is 8. The van der Waals surface area contributed by atoms with E-state index in [1.54, 1.807) is 0 Å². The van der Waals surface area contributed by atoms with Crippen LogP contribution in [0.15, 0.2) is 17.3 Å². The molecule has 23 heavy (non-hydrogen) atoms. The Balaban J connectivity index is 1.92. The maximum atomic E-state index is 12.5. The van der Waals surface area contributed by atoms with Gasteiger partial charge in [0.2, 0.25) is 10.0 Å². The molecule has 0 saturated carbocycles. The zero-order valence-corrected chi connectivity index (χ0v) is 13.6. The van der Waals surface area contributed by atoms with Crippen LogP contribution in [-0.4, -0.2) is 61.3 Å². The molecule has 0 atom stereocenters. The lowest BCUT2D eigenvalue weighted by molar-refractivity contribution is 0.0209. The number of alkyl halides is 2. The number of piperidine rings is 1. The van der Waals surface area contributed by atoms with Gasteiger partial charge in [-0.15, -0.1) is 0 Å². The van der Waals surface area contributed by atoms with Gasteiger partial charge in [-0.05, 0) is 25.8 Å². The molecule has 1 aliphatic heterocycles. The number of nitrogens with zero attached hydrogens (tertiary/aromatic N) is 3. The van der Waals surface area contributed by atoms with E-state index in [1.807, 2.05) is 0 Å². The van der Waals surface area contributed by atoms with Crippen LogP contribution in [0.4, 0.5) is 8.78 Å². The molecule has 0 unspecified atom stereocenters. The van der Waals surface area contributed by atoms with Gasteiger partial charge in [-0.1, -0.05) is 0 Å². The van der Waals surface area contributed by atoms with E-state index >= 15 is 0 Å². The van der Waals surface area contributed by atoms with Crippen LogP contribution in [0.2, 0.25) is 0 Å². The van der Waals surface area contributed by atoms with Gasteiger partial charge in [0.1, 0.15) is 11.4 Å². The average molecular weight is 352 g/mol. The molecule has 7 nitrogen and oxygen atoms in total. The van der Waals surface area contributed by atoms with Gasteiger partial charge >= 0.3 is 0 Å². The van der Waals surface area contributed by atoms with Gasteiger partial charge in [-0.3, -0.25) is 4.68 Å². The minimum Gasteiger partial charge on any atom is -0.378 e. The smallest absolute Gasteiger partial charge is 0.257 e. The summed E-state index contributed by atoms with van der Waals surface area (Å²) in [6.07, 6.45) is 1.71. The Morgan fingerprint density at radius 2 is 2.09 bits per heavy atom. The van der Waals surface area contributed by atoms with Gasteiger partial charge in [-0.25, -0.2) is 17.2 Å². The number of hydrogen-bond donors (Lipinski definition) is 1. The van der Waals surface area contributed by atoms with Crippen LogP contribution in [0.25, 0.3) is 0 Å². The van der Waals surface area contributed by atoms with Crippen LogP contribution in [0.1, 0.15) is 19.3 Å². The van der Waals surface area contributed by atoms with E-state index in [4.69, 9.17) is 10.5 Å². The number of hydrogen-bond acceptors (Lipinski definition) is 5. The normalized spacial score (nSPS) is 17.9. The van der Waals surface area contributed by atoms with Gasteiger partial charge in [0.25, 0.3) is 6.43 Å². The summed E-state index contributed by atoms with van der Waals surface area (Å²) in [6.45, 7) is 1.21. The zero-order chi connectivity index (χ0) is 16.9. The van der Waals surface area contributed by atoms with Crippen molar-refractivity contribution in [1.29, 1.82) is 0 Å². The van der Waals surface area contributed by atoms with Gasteiger partial charge in [-0.2, -0.15) is 9.40 Å². The molecule has 1 fully saturated rings. The Labute approximate surface area is 134 Å². The maximum Gasteiger partial charge on any atom is 0.257 e. The average Bonchev–Trinajstić information content (AvgIpc) is 2.96. The van der Waals surface area contributed by atoms with E-state index in [0.29, 0.717) is 39.1 Å². The standard InChI is InChI=1S/C13H22F2N4O3S/c14-13(15)10-18-9-12(8-17-18)23(20,21)19-5-2-11(3-6-19)22-7-1-4-16/h8-9,11,13H,1-7,10,16H2. The second-order valence-corrected chi connectivity index (χ2v) is 7.34.